The zero-order chi connectivity index (χ0) is 19.4. The molecule has 1 atom stereocenters. The molecule has 0 radical (unpaired) electrons. The number of ether oxygens (including phenoxy) is 1. The Morgan fingerprint density at radius 1 is 1.18 bits per heavy atom. The van der Waals surface area contributed by atoms with Gasteiger partial charge in [0, 0.05) is 38.4 Å². The molecule has 1 fully saturated rings. The van der Waals surface area contributed by atoms with Gasteiger partial charge in [0.1, 0.15) is 23.6 Å². The molecule has 1 aromatic carbocycles. The minimum absolute atomic E-state index is 0.0111. The summed E-state index contributed by atoms with van der Waals surface area (Å²) in [6.07, 6.45) is 4.26. The van der Waals surface area contributed by atoms with Crippen LogP contribution in [0.3, 0.4) is 0 Å². The number of aromatic nitrogens is 5. The summed E-state index contributed by atoms with van der Waals surface area (Å²) in [5, 5.41) is 8.56. The summed E-state index contributed by atoms with van der Waals surface area (Å²) >= 11 is 0. The molecule has 0 saturated heterocycles. The van der Waals surface area contributed by atoms with E-state index in [4.69, 9.17) is 4.74 Å². The van der Waals surface area contributed by atoms with Gasteiger partial charge in [-0.2, -0.15) is 10.2 Å². The normalized spacial score (nSPS) is 23.5. The molecule has 3 heterocycles. The van der Waals surface area contributed by atoms with E-state index in [9.17, 15) is 13.6 Å². The average Bonchev–Trinajstić information content (AvgIpc) is 3.27. The van der Waals surface area contributed by atoms with Crippen LogP contribution < -0.4 is 10.4 Å². The fourth-order valence-electron chi connectivity index (χ4n) is 4.12. The van der Waals surface area contributed by atoms with Gasteiger partial charge in [0.05, 0.1) is 18.3 Å². The lowest BCUT2D eigenvalue weighted by Gasteiger charge is -2.34. The van der Waals surface area contributed by atoms with Crippen molar-refractivity contribution in [2.45, 2.75) is 43.9 Å². The van der Waals surface area contributed by atoms with Crippen LogP contribution in [0.15, 0.2) is 35.3 Å². The molecular weight excluding hydrogens is 368 g/mol. The third-order valence-electron chi connectivity index (χ3n) is 5.61. The summed E-state index contributed by atoms with van der Waals surface area (Å²) in [6, 6.07) is 4.79. The molecule has 28 heavy (non-hydrogen) atoms. The van der Waals surface area contributed by atoms with Crippen molar-refractivity contribution in [3.05, 3.63) is 64.0 Å². The number of fused-ring (bicyclic) bond motifs is 1. The maximum Gasteiger partial charge on any atom is 0.346 e. The highest BCUT2D eigenvalue weighted by Gasteiger charge is 2.38. The van der Waals surface area contributed by atoms with Gasteiger partial charge in [-0.25, -0.2) is 22.9 Å². The first kappa shape index (κ1) is 17.2. The molecule has 0 N–H and O–H groups in total. The lowest BCUT2D eigenvalue weighted by Crippen LogP contribution is -2.41. The Bertz CT molecular complexity index is 1080. The number of hydrogen-bond donors (Lipinski definition) is 0. The lowest BCUT2D eigenvalue weighted by atomic mass is 9.89. The van der Waals surface area contributed by atoms with Crippen molar-refractivity contribution in [2.24, 2.45) is 7.05 Å². The van der Waals surface area contributed by atoms with E-state index in [1.54, 1.807) is 21.5 Å². The number of halogens is 2. The molecule has 1 aliphatic heterocycles. The Labute approximate surface area is 159 Å². The molecule has 5 rings (SSSR count). The predicted molar refractivity (Wildman–Crippen MR) is 95.2 cm³/mol. The number of rotatable bonds is 4. The van der Waals surface area contributed by atoms with Gasteiger partial charge >= 0.3 is 5.69 Å². The zero-order valence-corrected chi connectivity index (χ0v) is 15.3. The van der Waals surface area contributed by atoms with Crippen LogP contribution in [0.5, 0.6) is 5.88 Å². The first-order chi connectivity index (χ1) is 13.5. The van der Waals surface area contributed by atoms with Crippen molar-refractivity contribution in [2.75, 3.05) is 0 Å². The second-order valence-corrected chi connectivity index (χ2v) is 7.43. The molecule has 0 bridgehead atoms. The van der Waals surface area contributed by atoms with Crippen molar-refractivity contribution >= 4 is 0 Å². The second-order valence-electron chi connectivity index (χ2n) is 7.43. The van der Waals surface area contributed by atoms with Gasteiger partial charge in [0.25, 0.3) is 0 Å². The van der Waals surface area contributed by atoms with E-state index < -0.39 is 11.6 Å². The summed E-state index contributed by atoms with van der Waals surface area (Å²) in [5.74, 6) is 0.0723. The summed E-state index contributed by atoms with van der Waals surface area (Å²) in [7, 11) is 1.81. The minimum Gasteiger partial charge on any atom is -0.474 e. The Morgan fingerprint density at radius 3 is 2.61 bits per heavy atom. The standard InChI is InChI=1S/C19H19F2N5O2/c1-24-18(4-5-22-24)28-15-9-14(10-15)26-19(27)25-16(2-3-17(25)23-26)11-6-12(20)8-13(21)7-11/h4-8,14-16H,2-3,9-10H2,1H3/t14?,15?,16-/m0/s1. The molecule has 0 unspecified atom stereocenters. The van der Waals surface area contributed by atoms with E-state index in [0.29, 0.717) is 43.0 Å². The van der Waals surface area contributed by atoms with Crippen molar-refractivity contribution in [3.63, 3.8) is 0 Å². The van der Waals surface area contributed by atoms with Crippen LogP contribution in [0.2, 0.25) is 0 Å². The molecule has 7 nitrogen and oxygen atoms in total. The van der Waals surface area contributed by atoms with E-state index >= 15 is 0 Å². The van der Waals surface area contributed by atoms with E-state index in [-0.39, 0.29) is 23.9 Å². The van der Waals surface area contributed by atoms with Gasteiger partial charge in [-0.3, -0.25) is 4.57 Å². The van der Waals surface area contributed by atoms with Gasteiger partial charge in [0.15, 0.2) is 0 Å². The van der Waals surface area contributed by atoms with Crippen LogP contribution >= 0.6 is 0 Å². The molecule has 146 valence electrons. The highest BCUT2D eigenvalue weighted by atomic mass is 19.1. The number of benzene rings is 1. The molecule has 0 spiro atoms. The van der Waals surface area contributed by atoms with Gasteiger partial charge in [-0.15, -0.1) is 0 Å². The van der Waals surface area contributed by atoms with Crippen LogP contribution in [-0.4, -0.2) is 30.2 Å². The molecule has 1 aliphatic carbocycles. The average molecular weight is 387 g/mol. The van der Waals surface area contributed by atoms with Crippen LogP contribution in [0, 0.1) is 11.6 Å². The molecular formula is C19H19F2N5O2. The van der Waals surface area contributed by atoms with Gasteiger partial charge < -0.3 is 4.74 Å². The molecule has 3 aromatic rings. The predicted octanol–water partition coefficient (Wildman–Crippen LogP) is 2.37. The third kappa shape index (κ3) is 2.73. The van der Waals surface area contributed by atoms with Crippen molar-refractivity contribution in [1.29, 1.82) is 0 Å². The third-order valence-corrected chi connectivity index (χ3v) is 5.61. The number of hydrogen-bond acceptors (Lipinski definition) is 4. The van der Waals surface area contributed by atoms with Crippen LogP contribution in [0.1, 0.15) is 42.7 Å². The number of aryl methyl sites for hydroxylation is 2. The van der Waals surface area contributed by atoms with Gasteiger partial charge in [-0.1, -0.05) is 0 Å². The van der Waals surface area contributed by atoms with E-state index in [0.717, 1.165) is 6.07 Å². The molecule has 0 amide bonds. The van der Waals surface area contributed by atoms with Crippen LogP contribution in [-0.2, 0) is 13.5 Å². The molecule has 2 aromatic heterocycles. The summed E-state index contributed by atoms with van der Waals surface area (Å²) in [6.45, 7) is 0. The summed E-state index contributed by atoms with van der Waals surface area (Å²) in [5.41, 5.74) is 0.232. The highest BCUT2D eigenvalue weighted by Crippen LogP contribution is 2.36. The quantitative estimate of drug-likeness (QED) is 0.689. The van der Waals surface area contributed by atoms with Gasteiger partial charge in [-0.05, 0) is 24.1 Å². The zero-order valence-electron chi connectivity index (χ0n) is 15.3. The minimum atomic E-state index is -0.641. The Balaban J connectivity index is 1.36. The lowest BCUT2D eigenvalue weighted by molar-refractivity contribution is 0.0549. The maximum absolute atomic E-state index is 13.6. The maximum atomic E-state index is 13.6. The van der Waals surface area contributed by atoms with E-state index in [2.05, 4.69) is 10.2 Å². The topological polar surface area (TPSA) is 66.9 Å². The fraction of sp³-hybridized carbons (Fsp3) is 0.421. The first-order valence-corrected chi connectivity index (χ1v) is 9.30. The monoisotopic (exact) mass is 387 g/mol. The Morgan fingerprint density at radius 2 is 1.93 bits per heavy atom. The van der Waals surface area contributed by atoms with Crippen molar-refractivity contribution in [1.82, 2.24) is 24.1 Å². The highest BCUT2D eigenvalue weighted by molar-refractivity contribution is 5.25. The summed E-state index contributed by atoms with van der Waals surface area (Å²) in [4.78, 5) is 12.9. The van der Waals surface area contributed by atoms with Gasteiger partial charge in [0.2, 0.25) is 5.88 Å². The second kappa shape index (κ2) is 6.29. The van der Waals surface area contributed by atoms with Crippen LogP contribution in [0.4, 0.5) is 8.78 Å². The first-order valence-electron chi connectivity index (χ1n) is 9.30. The van der Waals surface area contributed by atoms with E-state index in [1.807, 2.05) is 7.05 Å². The van der Waals surface area contributed by atoms with Crippen molar-refractivity contribution in [3.8, 4) is 5.88 Å². The largest absolute Gasteiger partial charge is 0.474 e. The van der Waals surface area contributed by atoms with Crippen molar-refractivity contribution < 1.29 is 13.5 Å². The van der Waals surface area contributed by atoms with Crippen LogP contribution in [0.25, 0.3) is 0 Å². The SMILES string of the molecule is Cn1nccc1OC1CC(n2nc3n(c2=O)[C@H](c2cc(F)cc(F)c2)CC3)C1. The molecule has 2 aliphatic rings. The number of nitrogens with zero attached hydrogens (tertiary/aromatic N) is 5. The van der Waals surface area contributed by atoms with E-state index in [1.165, 1.54) is 16.8 Å². The fourth-order valence-corrected chi connectivity index (χ4v) is 4.12. The smallest absolute Gasteiger partial charge is 0.346 e. The summed E-state index contributed by atoms with van der Waals surface area (Å²) < 4.78 is 37.8. The molecule has 1 saturated carbocycles. The Hall–Kier alpha value is -2.97. The Kier molecular flexibility index (Phi) is 3.85. The molecule has 9 heteroatoms.